The summed E-state index contributed by atoms with van der Waals surface area (Å²) in [5.74, 6) is 0.803. The average Bonchev–Trinajstić information content (AvgIpc) is 2.18. The summed E-state index contributed by atoms with van der Waals surface area (Å²) in [6, 6.07) is 0. The molecular formula is C10H15N3OS. The Morgan fingerprint density at radius 1 is 1.33 bits per heavy atom. The molecule has 0 aliphatic carbocycles. The van der Waals surface area contributed by atoms with Gasteiger partial charge in [-0.2, -0.15) is 0 Å². The third-order valence-electron chi connectivity index (χ3n) is 2.13. The van der Waals surface area contributed by atoms with Crippen molar-refractivity contribution in [3.8, 4) is 5.88 Å². The van der Waals surface area contributed by atoms with Crippen LogP contribution in [0.4, 0.5) is 0 Å². The molecule has 1 aromatic rings. The van der Waals surface area contributed by atoms with E-state index < -0.39 is 0 Å². The highest BCUT2D eigenvalue weighted by atomic mass is 32.1. The Balaban J connectivity index is 2.89. The van der Waals surface area contributed by atoms with E-state index in [2.05, 4.69) is 23.8 Å². The molecule has 5 heteroatoms. The standard InChI is InChI=1S/C10H15N3OS/c1-6(2)7(3)14-10-8(9(11)15)12-4-5-13-10/h4-7H,1-3H3,(H2,11,15). The molecule has 4 nitrogen and oxygen atoms in total. The highest BCUT2D eigenvalue weighted by Crippen LogP contribution is 2.16. The van der Waals surface area contributed by atoms with Crippen molar-refractivity contribution < 1.29 is 4.74 Å². The maximum atomic E-state index is 5.63. The molecule has 0 bridgehead atoms. The van der Waals surface area contributed by atoms with E-state index >= 15 is 0 Å². The number of aromatic nitrogens is 2. The molecule has 0 spiro atoms. The second kappa shape index (κ2) is 5.02. The van der Waals surface area contributed by atoms with Crippen LogP contribution in [0.25, 0.3) is 0 Å². The number of hydrogen-bond acceptors (Lipinski definition) is 4. The van der Waals surface area contributed by atoms with Crippen LogP contribution in [0.3, 0.4) is 0 Å². The molecule has 0 radical (unpaired) electrons. The zero-order valence-electron chi connectivity index (χ0n) is 9.10. The number of thiocarbonyl (C=S) groups is 1. The van der Waals surface area contributed by atoms with E-state index in [-0.39, 0.29) is 11.1 Å². The van der Waals surface area contributed by atoms with Crippen LogP contribution >= 0.6 is 12.2 Å². The van der Waals surface area contributed by atoms with Gasteiger partial charge in [0.15, 0.2) is 5.69 Å². The maximum Gasteiger partial charge on any atom is 0.243 e. The fourth-order valence-corrected chi connectivity index (χ4v) is 1.03. The zero-order valence-corrected chi connectivity index (χ0v) is 9.91. The van der Waals surface area contributed by atoms with Gasteiger partial charge >= 0.3 is 0 Å². The van der Waals surface area contributed by atoms with Gasteiger partial charge in [-0.05, 0) is 12.8 Å². The molecule has 0 saturated heterocycles. The minimum Gasteiger partial charge on any atom is -0.473 e. The monoisotopic (exact) mass is 225 g/mol. The lowest BCUT2D eigenvalue weighted by molar-refractivity contribution is 0.162. The Morgan fingerprint density at radius 2 is 1.93 bits per heavy atom. The van der Waals surface area contributed by atoms with E-state index in [1.807, 2.05) is 6.92 Å². The molecule has 0 aliphatic heterocycles. The largest absolute Gasteiger partial charge is 0.473 e. The van der Waals surface area contributed by atoms with Crippen molar-refractivity contribution in [2.75, 3.05) is 0 Å². The Labute approximate surface area is 94.9 Å². The highest BCUT2D eigenvalue weighted by Gasteiger charge is 2.14. The lowest BCUT2D eigenvalue weighted by atomic mass is 10.1. The molecule has 1 unspecified atom stereocenters. The molecule has 1 heterocycles. The first kappa shape index (κ1) is 11.8. The van der Waals surface area contributed by atoms with E-state index in [9.17, 15) is 0 Å². The van der Waals surface area contributed by atoms with Gasteiger partial charge in [-0.25, -0.2) is 9.97 Å². The van der Waals surface area contributed by atoms with E-state index in [0.29, 0.717) is 17.5 Å². The van der Waals surface area contributed by atoms with Crippen molar-refractivity contribution in [1.29, 1.82) is 0 Å². The first-order valence-corrected chi connectivity index (χ1v) is 5.20. The molecule has 2 N–H and O–H groups in total. The van der Waals surface area contributed by atoms with Crippen molar-refractivity contribution in [2.45, 2.75) is 26.9 Å². The summed E-state index contributed by atoms with van der Waals surface area (Å²) < 4.78 is 5.63. The average molecular weight is 225 g/mol. The number of ether oxygens (including phenoxy) is 1. The summed E-state index contributed by atoms with van der Waals surface area (Å²) in [6.07, 6.45) is 3.15. The number of rotatable bonds is 4. The third-order valence-corrected chi connectivity index (χ3v) is 2.33. The molecule has 0 aliphatic rings. The van der Waals surface area contributed by atoms with Gasteiger partial charge in [-0.15, -0.1) is 0 Å². The Kier molecular flexibility index (Phi) is 3.96. The first-order valence-electron chi connectivity index (χ1n) is 4.79. The Hall–Kier alpha value is -1.23. The smallest absolute Gasteiger partial charge is 0.243 e. The summed E-state index contributed by atoms with van der Waals surface area (Å²) in [7, 11) is 0. The molecule has 0 fully saturated rings. The number of nitrogens with zero attached hydrogens (tertiary/aromatic N) is 2. The molecule has 0 amide bonds. The van der Waals surface area contributed by atoms with Gasteiger partial charge in [-0.3, -0.25) is 0 Å². The van der Waals surface area contributed by atoms with Crippen molar-refractivity contribution >= 4 is 17.2 Å². The number of nitrogens with two attached hydrogens (primary N) is 1. The Bertz CT molecular complexity index is 354. The Morgan fingerprint density at radius 3 is 2.47 bits per heavy atom. The third kappa shape index (κ3) is 3.13. The first-order chi connectivity index (χ1) is 7.02. The van der Waals surface area contributed by atoms with Gasteiger partial charge < -0.3 is 10.5 Å². The second-order valence-electron chi connectivity index (χ2n) is 3.64. The maximum absolute atomic E-state index is 5.63. The fourth-order valence-electron chi connectivity index (χ4n) is 0.893. The lowest BCUT2D eigenvalue weighted by Gasteiger charge is -2.18. The van der Waals surface area contributed by atoms with Crippen LogP contribution in [0, 0.1) is 5.92 Å². The zero-order chi connectivity index (χ0) is 11.4. The molecule has 1 atom stereocenters. The van der Waals surface area contributed by atoms with Gasteiger partial charge in [0.05, 0.1) is 0 Å². The van der Waals surface area contributed by atoms with E-state index in [4.69, 9.17) is 22.7 Å². The molecular weight excluding hydrogens is 210 g/mol. The molecule has 1 rings (SSSR count). The van der Waals surface area contributed by atoms with Crippen molar-refractivity contribution in [3.63, 3.8) is 0 Å². The summed E-state index contributed by atoms with van der Waals surface area (Å²) >= 11 is 4.86. The quantitative estimate of drug-likeness (QED) is 0.787. The van der Waals surface area contributed by atoms with Crippen molar-refractivity contribution in [2.24, 2.45) is 11.7 Å². The fraction of sp³-hybridized carbons (Fsp3) is 0.500. The second-order valence-corrected chi connectivity index (χ2v) is 4.08. The highest BCUT2D eigenvalue weighted by molar-refractivity contribution is 7.80. The molecule has 82 valence electrons. The van der Waals surface area contributed by atoms with E-state index in [1.54, 1.807) is 12.4 Å². The SMILES string of the molecule is CC(C)C(C)Oc1nccnc1C(N)=S. The topological polar surface area (TPSA) is 61.0 Å². The van der Waals surface area contributed by atoms with Gasteiger partial charge in [0.1, 0.15) is 11.1 Å². The lowest BCUT2D eigenvalue weighted by Crippen LogP contribution is -2.22. The minimum absolute atomic E-state index is 0.0507. The van der Waals surface area contributed by atoms with Gasteiger partial charge in [-0.1, -0.05) is 26.1 Å². The molecule has 0 aromatic carbocycles. The number of hydrogen-bond donors (Lipinski definition) is 1. The molecule has 15 heavy (non-hydrogen) atoms. The van der Waals surface area contributed by atoms with Gasteiger partial charge in [0.2, 0.25) is 5.88 Å². The summed E-state index contributed by atoms with van der Waals surface area (Å²) in [5.41, 5.74) is 5.96. The van der Waals surface area contributed by atoms with Crippen LogP contribution in [0.1, 0.15) is 26.5 Å². The van der Waals surface area contributed by atoms with Crippen LogP contribution in [0.2, 0.25) is 0 Å². The van der Waals surface area contributed by atoms with Crippen LogP contribution in [-0.2, 0) is 0 Å². The minimum atomic E-state index is 0.0507. The molecule has 0 saturated carbocycles. The summed E-state index contributed by atoms with van der Waals surface area (Å²) in [5, 5.41) is 0. The van der Waals surface area contributed by atoms with Crippen LogP contribution in [0.5, 0.6) is 5.88 Å². The van der Waals surface area contributed by atoms with Gasteiger partial charge in [0.25, 0.3) is 0 Å². The molecule has 1 aromatic heterocycles. The van der Waals surface area contributed by atoms with Crippen LogP contribution < -0.4 is 10.5 Å². The van der Waals surface area contributed by atoms with Crippen molar-refractivity contribution in [1.82, 2.24) is 9.97 Å². The summed E-state index contributed by atoms with van der Waals surface area (Å²) in [6.45, 7) is 6.12. The predicted molar refractivity (Wildman–Crippen MR) is 62.8 cm³/mol. The van der Waals surface area contributed by atoms with Gasteiger partial charge in [0, 0.05) is 12.4 Å². The van der Waals surface area contributed by atoms with Crippen LogP contribution in [-0.4, -0.2) is 21.1 Å². The van der Waals surface area contributed by atoms with Crippen molar-refractivity contribution in [3.05, 3.63) is 18.1 Å². The normalized spacial score (nSPS) is 12.5. The summed E-state index contributed by atoms with van der Waals surface area (Å²) in [4.78, 5) is 8.31. The van der Waals surface area contributed by atoms with E-state index in [0.717, 1.165) is 0 Å². The van der Waals surface area contributed by atoms with Crippen LogP contribution in [0.15, 0.2) is 12.4 Å². The van der Waals surface area contributed by atoms with E-state index in [1.165, 1.54) is 0 Å². The predicted octanol–water partition coefficient (Wildman–Crippen LogP) is 1.53.